The van der Waals surface area contributed by atoms with Crippen molar-refractivity contribution in [3.8, 4) is 17.2 Å². The summed E-state index contributed by atoms with van der Waals surface area (Å²) < 4.78 is 17.1. The van der Waals surface area contributed by atoms with Crippen molar-refractivity contribution in [1.29, 1.82) is 0 Å². The Morgan fingerprint density at radius 1 is 1.12 bits per heavy atom. The number of nitrogens with zero attached hydrogens (tertiary/aromatic N) is 1. The zero-order valence-corrected chi connectivity index (χ0v) is 16.3. The van der Waals surface area contributed by atoms with Gasteiger partial charge in [0, 0.05) is 31.2 Å². The lowest BCUT2D eigenvalue weighted by Gasteiger charge is -2.34. The van der Waals surface area contributed by atoms with Gasteiger partial charge in [-0.05, 0) is 39.8 Å². The first-order valence-electron chi connectivity index (χ1n) is 8.70. The van der Waals surface area contributed by atoms with Crippen LogP contribution in [0.25, 0.3) is 0 Å². The average molecular weight is 373 g/mol. The predicted molar refractivity (Wildman–Crippen MR) is 101 cm³/mol. The topological polar surface area (TPSA) is 60.0 Å². The Bertz CT molecular complexity index is 541. The first-order chi connectivity index (χ1) is 11.6. The van der Waals surface area contributed by atoms with E-state index in [9.17, 15) is 4.79 Å². The normalized spacial score (nSPS) is 16.8. The second kappa shape index (κ2) is 10.4. The number of hydrogen-bond donors (Lipinski definition) is 1. The number of piperazine rings is 1. The molecule has 0 saturated carbocycles. The molecule has 1 heterocycles. The number of nitrogens with one attached hydrogen (secondary N) is 1. The standard InChI is InChI=1S/C18H28N2O4.ClH/c1-5-22-15-10-14(11-16(23-6-2)17(15)24-7-3)18(21)20-9-8-19-12-13(20)4;/h10-11,13,19H,5-9,12H2,1-4H3;1H. The summed E-state index contributed by atoms with van der Waals surface area (Å²) in [5.41, 5.74) is 0.569. The van der Waals surface area contributed by atoms with Crippen molar-refractivity contribution in [3.63, 3.8) is 0 Å². The Morgan fingerprint density at radius 2 is 1.68 bits per heavy atom. The van der Waals surface area contributed by atoms with Gasteiger partial charge in [0.05, 0.1) is 19.8 Å². The third-order valence-electron chi connectivity index (χ3n) is 3.92. The summed E-state index contributed by atoms with van der Waals surface area (Å²) in [6.07, 6.45) is 0. The molecular weight excluding hydrogens is 344 g/mol. The number of halogens is 1. The van der Waals surface area contributed by atoms with Gasteiger partial charge >= 0.3 is 0 Å². The molecule has 1 saturated heterocycles. The molecule has 1 aromatic rings. The number of carbonyl (C=O) groups is 1. The molecule has 6 nitrogen and oxygen atoms in total. The average Bonchev–Trinajstić information content (AvgIpc) is 2.58. The minimum Gasteiger partial charge on any atom is -0.490 e. The van der Waals surface area contributed by atoms with Gasteiger partial charge in [0.2, 0.25) is 5.75 Å². The van der Waals surface area contributed by atoms with Crippen LogP contribution in [-0.2, 0) is 0 Å². The molecule has 1 aromatic carbocycles. The van der Waals surface area contributed by atoms with Crippen LogP contribution >= 0.6 is 12.4 Å². The number of rotatable bonds is 7. The fourth-order valence-corrected chi connectivity index (χ4v) is 2.82. The van der Waals surface area contributed by atoms with Gasteiger partial charge in [0.25, 0.3) is 5.91 Å². The molecular formula is C18H29ClN2O4. The molecule has 1 atom stereocenters. The van der Waals surface area contributed by atoms with Crippen LogP contribution in [0.3, 0.4) is 0 Å². The zero-order chi connectivity index (χ0) is 17.5. The van der Waals surface area contributed by atoms with Crippen molar-refractivity contribution in [3.05, 3.63) is 17.7 Å². The molecule has 1 unspecified atom stereocenters. The summed E-state index contributed by atoms with van der Waals surface area (Å²) in [7, 11) is 0. The molecule has 1 N–H and O–H groups in total. The quantitative estimate of drug-likeness (QED) is 0.797. The van der Waals surface area contributed by atoms with Crippen molar-refractivity contribution in [1.82, 2.24) is 10.2 Å². The highest BCUT2D eigenvalue weighted by atomic mass is 35.5. The molecule has 1 fully saturated rings. The molecule has 142 valence electrons. The lowest BCUT2D eigenvalue weighted by Crippen LogP contribution is -2.52. The Kier molecular flexibility index (Phi) is 8.86. The van der Waals surface area contributed by atoms with E-state index < -0.39 is 0 Å². The van der Waals surface area contributed by atoms with Crippen molar-refractivity contribution < 1.29 is 19.0 Å². The molecule has 25 heavy (non-hydrogen) atoms. The third-order valence-corrected chi connectivity index (χ3v) is 3.92. The van der Waals surface area contributed by atoms with Crippen LogP contribution in [0.2, 0.25) is 0 Å². The van der Waals surface area contributed by atoms with Crippen molar-refractivity contribution in [2.45, 2.75) is 33.7 Å². The van der Waals surface area contributed by atoms with Crippen molar-refractivity contribution in [2.75, 3.05) is 39.5 Å². The van der Waals surface area contributed by atoms with Crippen LogP contribution in [-0.4, -0.2) is 56.3 Å². The predicted octanol–water partition coefficient (Wildman–Crippen LogP) is 2.74. The zero-order valence-electron chi connectivity index (χ0n) is 15.5. The fraction of sp³-hybridized carbons (Fsp3) is 0.611. The van der Waals surface area contributed by atoms with Gasteiger partial charge < -0.3 is 24.4 Å². The smallest absolute Gasteiger partial charge is 0.254 e. The molecule has 0 aromatic heterocycles. The molecule has 0 aliphatic carbocycles. The molecule has 1 aliphatic rings. The maximum absolute atomic E-state index is 12.9. The highest BCUT2D eigenvalue weighted by molar-refractivity contribution is 5.96. The molecule has 0 radical (unpaired) electrons. The van der Waals surface area contributed by atoms with Crippen LogP contribution < -0.4 is 19.5 Å². The minimum atomic E-state index is -0.00560. The van der Waals surface area contributed by atoms with Crippen LogP contribution in [0.5, 0.6) is 17.2 Å². The second-order valence-corrected chi connectivity index (χ2v) is 5.65. The molecule has 2 rings (SSSR count). The van der Waals surface area contributed by atoms with Gasteiger partial charge in [0.1, 0.15) is 0 Å². The molecule has 0 bridgehead atoms. The summed E-state index contributed by atoms with van der Waals surface area (Å²) in [5.74, 6) is 1.66. The minimum absolute atomic E-state index is 0. The van der Waals surface area contributed by atoms with Crippen LogP contribution in [0.15, 0.2) is 12.1 Å². The Balaban J connectivity index is 0.00000312. The van der Waals surface area contributed by atoms with Crippen LogP contribution in [0.1, 0.15) is 38.1 Å². The number of hydrogen-bond acceptors (Lipinski definition) is 5. The number of amides is 1. The lowest BCUT2D eigenvalue weighted by molar-refractivity contribution is 0.0654. The fourth-order valence-electron chi connectivity index (χ4n) is 2.82. The van der Waals surface area contributed by atoms with E-state index in [1.165, 1.54) is 0 Å². The molecule has 7 heteroatoms. The van der Waals surface area contributed by atoms with Gasteiger partial charge in [-0.3, -0.25) is 4.79 Å². The number of benzene rings is 1. The van der Waals surface area contributed by atoms with Gasteiger partial charge in [-0.25, -0.2) is 0 Å². The SMILES string of the molecule is CCOc1cc(C(=O)N2CCNCC2C)cc(OCC)c1OCC.Cl. The van der Waals surface area contributed by atoms with Crippen molar-refractivity contribution in [2.24, 2.45) is 0 Å². The maximum atomic E-state index is 12.9. The van der Waals surface area contributed by atoms with E-state index in [4.69, 9.17) is 14.2 Å². The first-order valence-corrected chi connectivity index (χ1v) is 8.70. The second-order valence-electron chi connectivity index (χ2n) is 5.65. The Morgan fingerprint density at radius 3 is 2.16 bits per heavy atom. The van der Waals surface area contributed by atoms with Gasteiger partial charge in [-0.2, -0.15) is 0 Å². The largest absolute Gasteiger partial charge is 0.490 e. The van der Waals surface area contributed by atoms with E-state index in [1.54, 1.807) is 12.1 Å². The van der Waals surface area contributed by atoms with E-state index >= 15 is 0 Å². The van der Waals surface area contributed by atoms with E-state index in [0.717, 1.165) is 13.1 Å². The molecule has 1 aliphatic heterocycles. The lowest BCUT2D eigenvalue weighted by atomic mass is 10.1. The number of carbonyl (C=O) groups excluding carboxylic acids is 1. The van der Waals surface area contributed by atoms with Crippen LogP contribution in [0, 0.1) is 0 Å². The van der Waals surface area contributed by atoms with Gasteiger partial charge in [-0.1, -0.05) is 0 Å². The molecule has 0 spiro atoms. The monoisotopic (exact) mass is 372 g/mol. The number of ether oxygens (including phenoxy) is 3. The Labute approximate surface area is 156 Å². The van der Waals surface area contributed by atoms with E-state index in [-0.39, 0.29) is 24.4 Å². The van der Waals surface area contributed by atoms with Crippen LogP contribution in [0.4, 0.5) is 0 Å². The van der Waals surface area contributed by atoms with E-state index in [1.807, 2.05) is 32.6 Å². The van der Waals surface area contributed by atoms with E-state index in [0.29, 0.717) is 49.2 Å². The highest BCUT2D eigenvalue weighted by Crippen LogP contribution is 2.39. The maximum Gasteiger partial charge on any atom is 0.254 e. The van der Waals surface area contributed by atoms with Crippen molar-refractivity contribution >= 4 is 18.3 Å². The Hall–Kier alpha value is -1.66. The summed E-state index contributed by atoms with van der Waals surface area (Å²) in [4.78, 5) is 14.8. The summed E-state index contributed by atoms with van der Waals surface area (Å²) in [5, 5.41) is 3.30. The molecule has 1 amide bonds. The highest BCUT2D eigenvalue weighted by Gasteiger charge is 2.26. The third kappa shape index (κ3) is 5.16. The summed E-state index contributed by atoms with van der Waals surface area (Å²) in [6.45, 7) is 11.6. The first kappa shape index (κ1) is 21.4. The van der Waals surface area contributed by atoms with Gasteiger partial charge in [0.15, 0.2) is 11.5 Å². The van der Waals surface area contributed by atoms with E-state index in [2.05, 4.69) is 5.32 Å². The summed E-state index contributed by atoms with van der Waals surface area (Å²) >= 11 is 0. The van der Waals surface area contributed by atoms with Gasteiger partial charge in [-0.15, -0.1) is 12.4 Å². The summed E-state index contributed by atoms with van der Waals surface area (Å²) in [6, 6.07) is 3.67.